The minimum Gasteiger partial charge on any atom is -0.313 e. The molecule has 1 saturated carbocycles. The summed E-state index contributed by atoms with van der Waals surface area (Å²) in [6, 6.07) is 29.4. The van der Waals surface area contributed by atoms with E-state index in [0.717, 1.165) is 24.1 Å². The number of hydrogen-bond acceptors (Lipinski definition) is 2. The largest absolute Gasteiger partial charge is 0.313 e. The van der Waals surface area contributed by atoms with Gasteiger partial charge in [-0.05, 0) is 42.5 Å². The SMILES string of the molecule is O=C(Cc1ccc(C2CC2NCCCc2ccccc2)cc1)c1ccccc1. The van der Waals surface area contributed by atoms with Gasteiger partial charge in [0.1, 0.15) is 0 Å². The minimum atomic E-state index is 0.178. The fourth-order valence-corrected chi connectivity index (χ4v) is 3.81. The standard InChI is InChI=1S/C26H27NO/c28-26(23-11-5-2-6-12-23)18-21-13-15-22(16-14-21)24-19-25(24)27-17-7-10-20-8-3-1-4-9-20/h1-6,8-9,11-16,24-25,27H,7,10,17-19H2. The number of carbonyl (C=O) groups is 1. The van der Waals surface area contributed by atoms with Crippen LogP contribution < -0.4 is 5.32 Å². The maximum absolute atomic E-state index is 12.3. The van der Waals surface area contributed by atoms with Crippen LogP contribution in [0.2, 0.25) is 0 Å². The molecule has 2 heteroatoms. The molecule has 0 spiro atoms. The zero-order chi connectivity index (χ0) is 19.2. The van der Waals surface area contributed by atoms with Crippen LogP contribution in [-0.4, -0.2) is 18.4 Å². The van der Waals surface area contributed by atoms with E-state index in [0.29, 0.717) is 18.4 Å². The molecule has 1 N–H and O–H groups in total. The number of aryl methyl sites for hydroxylation is 1. The third kappa shape index (κ3) is 4.96. The molecule has 2 nitrogen and oxygen atoms in total. The molecule has 3 aromatic carbocycles. The average molecular weight is 370 g/mol. The van der Waals surface area contributed by atoms with Gasteiger partial charge in [0, 0.05) is 23.9 Å². The molecule has 1 fully saturated rings. The Bertz CT molecular complexity index is 887. The fourth-order valence-electron chi connectivity index (χ4n) is 3.81. The Kier molecular flexibility index (Phi) is 5.98. The number of carbonyl (C=O) groups excluding carboxylic acids is 1. The summed E-state index contributed by atoms with van der Waals surface area (Å²) in [5.41, 5.74) is 4.67. The van der Waals surface area contributed by atoms with E-state index in [2.05, 4.69) is 59.9 Å². The van der Waals surface area contributed by atoms with Crippen LogP contribution in [0, 0.1) is 0 Å². The summed E-state index contributed by atoms with van der Waals surface area (Å²) in [6.07, 6.45) is 3.99. The molecule has 0 heterocycles. The van der Waals surface area contributed by atoms with Crippen LogP contribution in [0.4, 0.5) is 0 Å². The molecule has 3 aromatic rings. The van der Waals surface area contributed by atoms with Gasteiger partial charge in [0.25, 0.3) is 0 Å². The Morgan fingerprint density at radius 3 is 2.21 bits per heavy atom. The Morgan fingerprint density at radius 2 is 1.50 bits per heavy atom. The van der Waals surface area contributed by atoms with Crippen LogP contribution >= 0.6 is 0 Å². The van der Waals surface area contributed by atoms with Gasteiger partial charge in [-0.2, -0.15) is 0 Å². The van der Waals surface area contributed by atoms with Gasteiger partial charge in [-0.1, -0.05) is 84.9 Å². The lowest BCUT2D eigenvalue weighted by molar-refractivity contribution is 0.0993. The van der Waals surface area contributed by atoms with E-state index in [4.69, 9.17) is 0 Å². The van der Waals surface area contributed by atoms with Crippen LogP contribution in [-0.2, 0) is 12.8 Å². The number of ketones is 1. The first kappa shape index (κ1) is 18.6. The normalized spacial score (nSPS) is 18.0. The van der Waals surface area contributed by atoms with E-state index in [1.54, 1.807) is 0 Å². The van der Waals surface area contributed by atoms with Crippen molar-refractivity contribution >= 4 is 5.78 Å². The predicted octanol–water partition coefficient (Wildman–Crippen LogP) is 5.19. The molecule has 0 radical (unpaired) electrons. The molecule has 4 rings (SSSR count). The highest BCUT2D eigenvalue weighted by molar-refractivity contribution is 5.97. The smallest absolute Gasteiger partial charge is 0.167 e. The first-order chi connectivity index (χ1) is 13.8. The lowest BCUT2D eigenvalue weighted by Gasteiger charge is -2.06. The molecule has 142 valence electrons. The van der Waals surface area contributed by atoms with E-state index in [-0.39, 0.29) is 5.78 Å². The molecule has 1 aliphatic carbocycles. The van der Waals surface area contributed by atoms with Crippen molar-refractivity contribution in [3.05, 3.63) is 107 Å². The number of hydrogen-bond donors (Lipinski definition) is 1. The van der Waals surface area contributed by atoms with Crippen LogP contribution in [0.25, 0.3) is 0 Å². The van der Waals surface area contributed by atoms with Crippen molar-refractivity contribution in [1.29, 1.82) is 0 Å². The highest BCUT2D eigenvalue weighted by Crippen LogP contribution is 2.40. The molecular weight excluding hydrogens is 342 g/mol. The van der Waals surface area contributed by atoms with Gasteiger partial charge in [0.15, 0.2) is 5.78 Å². The summed E-state index contributed by atoms with van der Waals surface area (Å²) >= 11 is 0. The Morgan fingerprint density at radius 1 is 0.821 bits per heavy atom. The molecule has 0 aliphatic heterocycles. The van der Waals surface area contributed by atoms with Gasteiger partial charge in [0.2, 0.25) is 0 Å². The number of rotatable bonds is 9. The molecule has 28 heavy (non-hydrogen) atoms. The van der Waals surface area contributed by atoms with E-state index in [9.17, 15) is 4.79 Å². The zero-order valence-electron chi connectivity index (χ0n) is 16.2. The van der Waals surface area contributed by atoms with Crippen LogP contribution in [0.1, 0.15) is 45.8 Å². The zero-order valence-corrected chi connectivity index (χ0v) is 16.2. The molecule has 2 atom stereocenters. The minimum absolute atomic E-state index is 0.178. The van der Waals surface area contributed by atoms with Crippen molar-refractivity contribution in [1.82, 2.24) is 5.32 Å². The first-order valence-corrected chi connectivity index (χ1v) is 10.2. The van der Waals surface area contributed by atoms with E-state index in [1.165, 1.54) is 24.0 Å². The van der Waals surface area contributed by atoms with Gasteiger partial charge < -0.3 is 5.32 Å². The monoisotopic (exact) mass is 369 g/mol. The molecule has 0 saturated heterocycles. The first-order valence-electron chi connectivity index (χ1n) is 10.2. The lowest BCUT2D eigenvalue weighted by atomic mass is 10.0. The lowest BCUT2D eigenvalue weighted by Crippen LogP contribution is -2.19. The van der Waals surface area contributed by atoms with Crippen LogP contribution in [0.15, 0.2) is 84.9 Å². The second kappa shape index (κ2) is 8.99. The summed E-state index contributed by atoms with van der Waals surface area (Å²) in [7, 11) is 0. The fraction of sp³-hybridized carbons (Fsp3) is 0.269. The Labute approximate surface area is 167 Å². The van der Waals surface area contributed by atoms with Crippen molar-refractivity contribution in [2.24, 2.45) is 0 Å². The number of nitrogens with one attached hydrogen (secondary N) is 1. The van der Waals surface area contributed by atoms with E-state index < -0.39 is 0 Å². The topological polar surface area (TPSA) is 29.1 Å². The summed E-state index contributed by atoms with van der Waals surface area (Å²) < 4.78 is 0. The van der Waals surface area contributed by atoms with Gasteiger partial charge in [-0.3, -0.25) is 4.79 Å². The van der Waals surface area contributed by atoms with Crippen molar-refractivity contribution in [3.63, 3.8) is 0 Å². The van der Waals surface area contributed by atoms with Crippen molar-refractivity contribution in [2.75, 3.05) is 6.54 Å². The van der Waals surface area contributed by atoms with Crippen molar-refractivity contribution in [2.45, 2.75) is 37.6 Å². The molecule has 1 aliphatic rings. The van der Waals surface area contributed by atoms with Gasteiger partial charge in [-0.25, -0.2) is 0 Å². The average Bonchev–Trinajstić information content (AvgIpc) is 3.53. The van der Waals surface area contributed by atoms with E-state index >= 15 is 0 Å². The maximum Gasteiger partial charge on any atom is 0.167 e. The highest BCUT2D eigenvalue weighted by atomic mass is 16.1. The highest BCUT2D eigenvalue weighted by Gasteiger charge is 2.37. The summed E-state index contributed by atoms with van der Waals surface area (Å²) in [5.74, 6) is 0.799. The summed E-state index contributed by atoms with van der Waals surface area (Å²) in [6.45, 7) is 1.07. The van der Waals surface area contributed by atoms with E-state index in [1.807, 2.05) is 30.3 Å². The number of Topliss-reactive ketones (excluding diaryl/α,β-unsaturated/α-hetero) is 1. The second-order valence-electron chi connectivity index (χ2n) is 7.70. The third-order valence-electron chi connectivity index (χ3n) is 5.55. The predicted molar refractivity (Wildman–Crippen MR) is 115 cm³/mol. The maximum atomic E-state index is 12.3. The third-order valence-corrected chi connectivity index (χ3v) is 5.55. The summed E-state index contributed by atoms with van der Waals surface area (Å²) in [5, 5.41) is 3.69. The molecule has 2 unspecified atom stereocenters. The quantitative estimate of drug-likeness (QED) is 0.415. The van der Waals surface area contributed by atoms with Gasteiger partial charge in [-0.15, -0.1) is 0 Å². The molecule has 0 aromatic heterocycles. The Hall–Kier alpha value is -2.71. The van der Waals surface area contributed by atoms with Gasteiger partial charge in [0.05, 0.1) is 0 Å². The van der Waals surface area contributed by atoms with Crippen LogP contribution in [0.5, 0.6) is 0 Å². The van der Waals surface area contributed by atoms with Crippen molar-refractivity contribution in [3.8, 4) is 0 Å². The van der Waals surface area contributed by atoms with Gasteiger partial charge >= 0.3 is 0 Å². The molecule has 0 bridgehead atoms. The summed E-state index contributed by atoms with van der Waals surface area (Å²) in [4.78, 5) is 12.3. The molecule has 0 amide bonds. The Balaban J connectivity index is 1.21. The second-order valence-corrected chi connectivity index (χ2v) is 7.70. The molecular formula is C26H27NO. The van der Waals surface area contributed by atoms with Crippen molar-refractivity contribution < 1.29 is 4.79 Å². The number of benzene rings is 3. The van der Waals surface area contributed by atoms with Crippen LogP contribution in [0.3, 0.4) is 0 Å².